The van der Waals surface area contributed by atoms with Gasteiger partial charge in [0.2, 0.25) is 0 Å². The number of nitrogens with zero attached hydrogens (tertiary/aromatic N) is 2. The van der Waals surface area contributed by atoms with E-state index in [0.717, 1.165) is 0 Å². The summed E-state index contributed by atoms with van der Waals surface area (Å²) in [6.07, 6.45) is 0. The van der Waals surface area contributed by atoms with Gasteiger partial charge in [0.25, 0.3) is 0 Å². The summed E-state index contributed by atoms with van der Waals surface area (Å²) in [5.41, 5.74) is 29.4. The average molecular weight is 363 g/mol. The van der Waals surface area contributed by atoms with E-state index in [1.807, 2.05) is 0 Å². The Labute approximate surface area is 131 Å². The van der Waals surface area contributed by atoms with Crippen molar-refractivity contribution in [3.63, 3.8) is 0 Å². The molecule has 0 aromatic heterocycles. The van der Waals surface area contributed by atoms with Gasteiger partial charge in [0.1, 0.15) is 0 Å². The molecule has 0 aliphatic carbocycles. The van der Waals surface area contributed by atoms with Crippen molar-refractivity contribution in [1.82, 2.24) is 0 Å². The third kappa shape index (κ3) is 1890. The van der Waals surface area contributed by atoms with Gasteiger partial charge in [-0.2, -0.15) is 0 Å². The maximum Gasteiger partial charge on any atom is 2.00 e. The Hall–Kier alpha value is -1.35. The molecule has 0 fully saturated rings. The van der Waals surface area contributed by atoms with Crippen LogP contribution in [0.1, 0.15) is 0 Å². The van der Waals surface area contributed by atoms with Gasteiger partial charge >= 0.3 is 16.5 Å². The second kappa shape index (κ2) is 51.2. The Morgan fingerprint density at radius 2 is 0.571 bits per heavy atom. The quantitative estimate of drug-likeness (QED) is 0.160. The largest absolute Gasteiger partial charge is 2.00 e. The number of hydrogen-bond acceptors (Lipinski definition) is 12. The van der Waals surface area contributed by atoms with Crippen LogP contribution in [0.15, 0.2) is 0 Å². The van der Waals surface area contributed by atoms with Crippen LogP contribution in [0.3, 0.4) is 0 Å². The van der Waals surface area contributed by atoms with Gasteiger partial charge in [-0.05, 0) is 0 Å². The van der Waals surface area contributed by atoms with Crippen molar-refractivity contribution >= 4 is 0 Å². The third-order valence-electron chi connectivity index (χ3n) is 0.500. The van der Waals surface area contributed by atoms with Gasteiger partial charge < -0.3 is 65.0 Å². The Bertz CT molecular complexity index is 144. The topological polar surface area (TPSA) is 289 Å². The molecule has 12 N–H and O–H groups in total. The van der Waals surface area contributed by atoms with Crippen molar-refractivity contribution in [2.75, 3.05) is 39.3 Å². The molecule has 14 nitrogen and oxygen atoms in total. The molecule has 0 heterocycles. The first-order valence-corrected chi connectivity index (χ1v) is 5.04. The normalized spacial score (nSPS) is 6.57. The van der Waals surface area contributed by atoms with E-state index in [2.05, 4.69) is 0 Å². The molecule has 0 unspecified atom stereocenters. The summed E-state index contributed by atoms with van der Waals surface area (Å²) in [7, 11) is 0. The fraction of sp³-hybridized carbons (Fsp3) is 1.00. The molecule has 0 aliphatic rings. The average Bonchev–Trinajstić information content (AvgIpc) is 2.37. The fourth-order valence-corrected chi connectivity index (χ4v) is 0. The van der Waals surface area contributed by atoms with Crippen LogP contribution in [0.2, 0.25) is 0 Å². The molecule has 0 saturated heterocycles. The predicted octanol–water partition coefficient (Wildman–Crippen LogP) is -3.77. The van der Waals surface area contributed by atoms with Gasteiger partial charge in [-0.15, -0.1) is 0 Å². The molecule has 21 heavy (non-hydrogen) atoms. The van der Waals surface area contributed by atoms with E-state index in [9.17, 15) is 0 Å². The first-order valence-electron chi connectivity index (χ1n) is 5.04. The Morgan fingerprint density at radius 3 is 0.571 bits per heavy atom. The molecule has 134 valence electrons. The number of rotatable bonds is 3. The van der Waals surface area contributed by atoms with E-state index in [-0.39, 0.29) is 16.5 Å². The molecule has 0 spiro atoms. The molecular formula is C6H24N8NiO6. The summed E-state index contributed by atoms with van der Waals surface area (Å²) in [5, 5.41) is 29.5. The molecule has 0 aromatic carbocycles. The van der Waals surface area contributed by atoms with E-state index < -0.39 is 10.2 Å². The predicted molar refractivity (Wildman–Crippen MR) is 75.0 cm³/mol. The van der Waals surface area contributed by atoms with Crippen LogP contribution >= 0.6 is 0 Å². The van der Waals surface area contributed by atoms with E-state index in [1.165, 1.54) is 0 Å². The number of nitrogens with two attached hydrogens (primary N) is 6. The van der Waals surface area contributed by atoms with E-state index in [0.29, 0.717) is 39.3 Å². The Balaban J connectivity index is -0.0000000331. The van der Waals surface area contributed by atoms with E-state index >= 15 is 0 Å². The van der Waals surface area contributed by atoms with E-state index in [4.69, 9.17) is 65.0 Å². The summed E-state index contributed by atoms with van der Waals surface area (Å²) < 4.78 is 0. The summed E-state index contributed by atoms with van der Waals surface area (Å²) in [4.78, 5) is 16.5. The van der Waals surface area contributed by atoms with Crippen LogP contribution in [-0.4, -0.2) is 49.4 Å². The summed E-state index contributed by atoms with van der Waals surface area (Å²) in [6.45, 7) is 3.58. The Morgan fingerprint density at radius 1 is 0.524 bits per heavy atom. The second-order valence-corrected chi connectivity index (χ2v) is 2.18. The molecule has 0 saturated carbocycles. The van der Waals surface area contributed by atoms with Crippen molar-refractivity contribution in [3.8, 4) is 0 Å². The van der Waals surface area contributed by atoms with Crippen molar-refractivity contribution in [2.24, 2.45) is 34.4 Å². The van der Waals surface area contributed by atoms with Crippen molar-refractivity contribution in [3.05, 3.63) is 30.6 Å². The number of hydrogen-bond donors (Lipinski definition) is 6. The van der Waals surface area contributed by atoms with Crippen LogP contribution in [0.5, 0.6) is 0 Å². The van der Waals surface area contributed by atoms with Crippen molar-refractivity contribution < 1.29 is 26.7 Å². The molecular weight excluding hydrogens is 339 g/mol. The van der Waals surface area contributed by atoms with Crippen LogP contribution in [-0.2, 0) is 16.5 Å². The van der Waals surface area contributed by atoms with Gasteiger partial charge in [-0.1, -0.05) is 0 Å². The first kappa shape index (κ1) is 36.7. The van der Waals surface area contributed by atoms with Crippen molar-refractivity contribution in [2.45, 2.75) is 0 Å². The summed E-state index contributed by atoms with van der Waals surface area (Å²) in [5.74, 6) is 0. The molecule has 0 atom stereocenters. The summed E-state index contributed by atoms with van der Waals surface area (Å²) in [6, 6.07) is 0. The van der Waals surface area contributed by atoms with Crippen LogP contribution < -0.4 is 34.4 Å². The minimum Gasteiger partial charge on any atom is -0.356 e. The van der Waals surface area contributed by atoms with E-state index in [1.54, 1.807) is 0 Å². The maximum atomic E-state index is 8.25. The molecule has 0 radical (unpaired) electrons. The molecule has 15 heteroatoms. The standard InChI is InChI=1S/3C2H8N2.2NO3.Ni/c3*3-1-2-4;2*2-1(3)4;/h3*1-4H2;;;/q;;;2*-1;+2. The molecule has 0 aliphatic heterocycles. The van der Waals surface area contributed by atoms with Gasteiger partial charge in [-0.25, -0.2) is 0 Å². The minimum absolute atomic E-state index is 0. The van der Waals surface area contributed by atoms with Crippen LogP contribution in [0, 0.1) is 30.6 Å². The van der Waals surface area contributed by atoms with Crippen molar-refractivity contribution in [1.29, 1.82) is 0 Å². The van der Waals surface area contributed by atoms with Gasteiger partial charge in [0.15, 0.2) is 0 Å². The van der Waals surface area contributed by atoms with Gasteiger partial charge in [-0.3, -0.25) is 0 Å². The monoisotopic (exact) mass is 362 g/mol. The molecule has 0 aromatic rings. The molecule has 0 bridgehead atoms. The Kier molecular flexibility index (Phi) is 89.5. The third-order valence-corrected chi connectivity index (χ3v) is 0.500. The second-order valence-electron chi connectivity index (χ2n) is 2.18. The maximum absolute atomic E-state index is 8.25. The van der Waals surface area contributed by atoms with Crippen LogP contribution in [0.4, 0.5) is 0 Å². The van der Waals surface area contributed by atoms with Gasteiger partial charge in [0.05, 0.1) is 10.2 Å². The SMILES string of the molecule is NCCN.NCCN.NCCN.O=[N+]([O-])[O-].O=[N+]([O-])[O-].[Ni+2]. The first-order chi connectivity index (χ1) is 9.21. The van der Waals surface area contributed by atoms with Gasteiger partial charge in [0, 0.05) is 39.3 Å². The summed E-state index contributed by atoms with van der Waals surface area (Å²) >= 11 is 0. The molecule has 0 rings (SSSR count). The van der Waals surface area contributed by atoms with Crippen LogP contribution in [0.25, 0.3) is 0 Å². The molecule has 0 amide bonds. The fourth-order valence-electron chi connectivity index (χ4n) is 0. The minimum atomic E-state index is -1.75. The smallest absolute Gasteiger partial charge is 0.356 e. The zero-order chi connectivity index (χ0) is 17.4. The zero-order valence-electron chi connectivity index (χ0n) is 11.4. The zero-order valence-corrected chi connectivity index (χ0v) is 12.4.